The van der Waals surface area contributed by atoms with Crippen LogP contribution >= 0.6 is 36.2 Å². The van der Waals surface area contributed by atoms with Gasteiger partial charge in [0.2, 0.25) is 5.95 Å². The number of carbonyl (C=O) groups excluding carboxylic acids is 1. The Labute approximate surface area is 223 Å². The molecule has 1 amide bonds. The van der Waals surface area contributed by atoms with Crippen LogP contribution in [0.1, 0.15) is 47.8 Å². The third-order valence-corrected chi connectivity index (χ3v) is 7.10. The van der Waals surface area contributed by atoms with Gasteiger partial charge in [0.15, 0.2) is 0 Å². The highest BCUT2D eigenvalue weighted by atomic mass is 35.5. The lowest BCUT2D eigenvalue weighted by atomic mass is 9.89. The molecular formula is C25H33Cl2N5O2S. The zero-order chi connectivity index (χ0) is 23.2. The second kappa shape index (κ2) is 13.6. The Morgan fingerprint density at radius 1 is 1.14 bits per heavy atom. The molecule has 0 aliphatic heterocycles. The van der Waals surface area contributed by atoms with E-state index in [2.05, 4.69) is 21.4 Å². The largest absolute Gasteiger partial charge is 0.494 e. The number of nitrogen functional groups attached to an aromatic ring is 1. The Kier molecular flexibility index (Phi) is 11.2. The molecule has 10 heteroatoms. The van der Waals surface area contributed by atoms with Gasteiger partial charge in [-0.15, -0.1) is 36.2 Å². The predicted molar refractivity (Wildman–Crippen MR) is 147 cm³/mol. The Morgan fingerprint density at radius 3 is 2.46 bits per heavy atom. The first-order chi connectivity index (χ1) is 16.1. The van der Waals surface area contributed by atoms with Crippen LogP contribution in [0, 0.1) is 0 Å². The van der Waals surface area contributed by atoms with Gasteiger partial charge in [-0.05, 0) is 68.8 Å². The van der Waals surface area contributed by atoms with Crippen LogP contribution in [0.5, 0.6) is 5.75 Å². The molecule has 3 N–H and O–H groups in total. The lowest BCUT2D eigenvalue weighted by molar-refractivity contribution is 0.0604. The lowest BCUT2D eigenvalue weighted by Gasteiger charge is -2.37. The van der Waals surface area contributed by atoms with Crippen molar-refractivity contribution in [2.45, 2.75) is 51.2 Å². The van der Waals surface area contributed by atoms with Crippen LogP contribution in [0.3, 0.4) is 0 Å². The van der Waals surface area contributed by atoms with Crippen LogP contribution in [0.4, 0.5) is 5.95 Å². The molecule has 1 aliphatic carbocycles. The van der Waals surface area contributed by atoms with E-state index in [0.717, 1.165) is 53.0 Å². The van der Waals surface area contributed by atoms with Crippen molar-refractivity contribution in [3.63, 3.8) is 0 Å². The summed E-state index contributed by atoms with van der Waals surface area (Å²) in [5.74, 6) is 1.13. The fourth-order valence-corrected chi connectivity index (χ4v) is 5.11. The summed E-state index contributed by atoms with van der Waals surface area (Å²) < 4.78 is 5.94. The van der Waals surface area contributed by atoms with E-state index in [4.69, 9.17) is 10.5 Å². The molecule has 190 valence electrons. The van der Waals surface area contributed by atoms with Gasteiger partial charge in [-0.2, -0.15) is 0 Å². The summed E-state index contributed by atoms with van der Waals surface area (Å²) in [7, 11) is 2.01. The van der Waals surface area contributed by atoms with E-state index >= 15 is 0 Å². The van der Waals surface area contributed by atoms with Gasteiger partial charge in [0.1, 0.15) is 5.75 Å². The third kappa shape index (κ3) is 7.07. The number of thiophene rings is 1. The smallest absolute Gasteiger partial charge is 0.264 e. The SMILES string of the molecule is CCOc1ccc(-c2cnc(N)nc2)cc1CN(C(=O)c1cccs1)C1CCC(NC)CC1.Cl.Cl. The molecule has 7 nitrogen and oxygen atoms in total. The molecule has 35 heavy (non-hydrogen) atoms. The van der Waals surface area contributed by atoms with Crippen molar-refractivity contribution in [2.75, 3.05) is 19.4 Å². The van der Waals surface area contributed by atoms with Crippen molar-refractivity contribution in [1.82, 2.24) is 20.2 Å². The highest BCUT2D eigenvalue weighted by molar-refractivity contribution is 7.12. The minimum atomic E-state index is 0. The van der Waals surface area contributed by atoms with Gasteiger partial charge in [-0.1, -0.05) is 12.1 Å². The van der Waals surface area contributed by atoms with E-state index in [1.165, 1.54) is 11.3 Å². The van der Waals surface area contributed by atoms with E-state index in [-0.39, 0.29) is 42.7 Å². The number of nitrogens with one attached hydrogen (secondary N) is 1. The topological polar surface area (TPSA) is 93.4 Å². The molecular weight excluding hydrogens is 505 g/mol. The predicted octanol–water partition coefficient (Wildman–Crippen LogP) is 5.20. The second-order valence-corrected chi connectivity index (χ2v) is 9.24. The molecule has 2 heterocycles. The number of benzene rings is 1. The molecule has 0 atom stereocenters. The number of hydrogen-bond acceptors (Lipinski definition) is 7. The average Bonchev–Trinajstić information content (AvgIpc) is 3.39. The van der Waals surface area contributed by atoms with Crippen molar-refractivity contribution in [3.05, 3.63) is 58.5 Å². The first-order valence-electron chi connectivity index (χ1n) is 11.4. The number of anilines is 1. The minimum absolute atomic E-state index is 0. The lowest BCUT2D eigenvalue weighted by Crippen LogP contribution is -2.44. The van der Waals surface area contributed by atoms with Crippen molar-refractivity contribution < 1.29 is 9.53 Å². The summed E-state index contributed by atoms with van der Waals surface area (Å²) in [6, 6.07) is 10.6. The van der Waals surface area contributed by atoms with E-state index in [1.807, 2.05) is 48.5 Å². The summed E-state index contributed by atoms with van der Waals surface area (Å²) >= 11 is 1.49. The van der Waals surface area contributed by atoms with Gasteiger partial charge in [0.25, 0.3) is 5.91 Å². The van der Waals surface area contributed by atoms with Gasteiger partial charge in [0.05, 0.1) is 11.5 Å². The van der Waals surface area contributed by atoms with E-state index in [1.54, 1.807) is 12.4 Å². The van der Waals surface area contributed by atoms with Crippen LogP contribution in [-0.4, -0.2) is 46.5 Å². The molecule has 0 spiro atoms. The van der Waals surface area contributed by atoms with Crippen LogP contribution in [0.15, 0.2) is 48.1 Å². The van der Waals surface area contributed by atoms with Crippen molar-refractivity contribution in [2.24, 2.45) is 0 Å². The maximum atomic E-state index is 13.6. The number of nitrogens with zero attached hydrogens (tertiary/aromatic N) is 3. The maximum absolute atomic E-state index is 13.6. The number of ether oxygens (including phenoxy) is 1. The van der Waals surface area contributed by atoms with Gasteiger partial charge >= 0.3 is 0 Å². The maximum Gasteiger partial charge on any atom is 0.264 e. The minimum Gasteiger partial charge on any atom is -0.494 e. The van der Waals surface area contributed by atoms with Crippen molar-refractivity contribution in [1.29, 1.82) is 0 Å². The molecule has 0 bridgehead atoms. The summed E-state index contributed by atoms with van der Waals surface area (Å²) in [4.78, 5) is 24.6. The average molecular weight is 539 g/mol. The van der Waals surface area contributed by atoms with Gasteiger partial charge in [0, 0.05) is 42.1 Å². The number of hydrogen-bond donors (Lipinski definition) is 2. The van der Waals surface area contributed by atoms with Crippen LogP contribution < -0.4 is 15.8 Å². The zero-order valence-corrected chi connectivity index (χ0v) is 22.4. The van der Waals surface area contributed by atoms with E-state index in [0.29, 0.717) is 19.2 Å². The number of halogens is 2. The van der Waals surface area contributed by atoms with Crippen molar-refractivity contribution in [3.8, 4) is 16.9 Å². The summed E-state index contributed by atoms with van der Waals surface area (Å²) in [6.45, 7) is 3.02. The molecule has 4 rings (SSSR count). The Hall–Kier alpha value is -2.39. The molecule has 1 fully saturated rings. The fourth-order valence-electron chi connectivity index (χ4n) is 4.43. The monoisotopic (exact) mass is 537 g/mol. The Bertz CT molecular complexity index is 1060. The first kappa shape index (κ1) is 28.8. The molecule has 2 aromatic heterocycles. The quantitative estimate of drug-likeness (QED) is 0.410. The summed E-state index contributed by atoms with van der Waals surface area (Å²) in [5.41, 5.74) is 8.48. The summed E-state index contributed by atoms with van der Waals surface area (Å²) in [6.07, 6.45) is 7.54. The number of aromatic nitrogens is 2. The highest BCUT2D eigenvalue weighted by Crippen LogP contribution is 2.32. The second-order valence-electron chi connectivity index (χ2n) is 8.29. The molecule has 1 aliphatic rings. The van der Waals surface area contributed by atoms with Gasteiger partial charge in [-0.3, -0.25) is 4.79 Å². The standard InChI is InChI=1S/C25H31N5O2S.2ClH/c1-3-32-22-11-6-17(19-14-28-25(26)29-15-19)13-18(22)16-30(24(31)23-5-4-12-33-23)21-9-7-20(27-2)8-10-21;;/h4-6,11-15,20-21,27H,3,7-10,16H2,1-2H3,(H2,26,28,29);2*1H. The number of nitrogens with two attached hydrogens (primary N) is 1. The normalized spacial score (nSPS) is 17.1. The van der Waals surface area contributed by atoms with E-state index < -0.39 is 0 Å². The molecule has 3 aromatic rings. The molecule has 1 saturated carbocycles. The molecule has 0 unspecified atom stereocenters. The number of carbonyl (C=O) groups is 1. The van der Waals surface area contributed by atoms with E-state index in [9.17, 15) is 4.79 Å². The number of rotatable bonds is 8. The zero-order valence-electron chi connectivity index (χ0n) is 20.0. The first-order valence-corrected chi connectivity index (χ1v) is 12.3. The van der Waals surface area contributed by atoms with Crippen molar-refractivity contribution >= 4 is 48.0 Å². The fraction of sp³-hybridized carbons (Fsp3) is 0.400. The van der Waals surface area contributed by atoms with Crippen LogP contribution in [-0.2, 0) is 6.54 Å². The van der Waals surface area contributed by atoms with Crippen LogP contribution in [0.2, 0.25) is 0 Å². The molecule has 0 saturated heterocycles. The van der Waals surface area contributed by atoms with Crippen LogP contribution in [0.25, 0.3) is 11.1 Å². The Balaban J connectivity index is 0.00000216. The Morgan fingerprint density at radius 2 is 1.86 bits per heavy atom. The van der Waals surface area contributed by atoms with Gasteiger partial charge in [-0.25, -0.2) is 9.97 Å². The van der Waals surface area contributed by atoms with Gasteiger partial charge < -0.3 is 20.7 Å². The summed E-state index contributed by atoms with van der Waals surface area (Å²) in [5, 5.41) is 5.34. The highest BCUT2D eigenvalue weighted by Gasteiger charge is 2.30. The molecule has 0 radical (unpaired) electrons. The number of amides is 1. The third-order valence-electron chi connectivity index (χ3n) is 6.24. The molecule has 1 aromatic carbocycles.